The molecule has 0 aliphatic rings. The summed E-state index contributed by atoms with van der Waals surface area (Å²) in [5.74, 6) is -11.4. The normalized spacial score (nSPS) is 15.4. The molecule has 18 heavy (non-hydrogen) atoms. The maximum atomic E-state index is 12.3. The number of rotatable bonds is 4. The summed E-state index contributed by atoms with van der Waals surface area (Å²) in [6.45, 7) is 0. The average Bonchev–Trinajstić information content (AvgIpc) is 2.12. The summed E-state index contributed by atoms with van der Waals surface area (Å²) in [6.07, 6.45) is -18.0. The van der Waals surface area contributed by atoms with E-state index in [1.807, 2.05) is 4.74 Å². The maximum Gasteiger partial charge on any atom is 0.460 e. The van der Waals surface area contributed by atoms with Crippen molar-refractivity contribution >= 4 is 5.97 Å². The fourth-order valence-corrected chi connectivity index (χ4v) is 0.502. The van der Waals surface area contributed by atoms with Crippen LogP contribution in [-0.4, -0.2) is 29.5 Å². The summed E-state index contributed by atoms with van der Waals surface area (Å²) in [6, 6.07) is 0. The van der Waals surface area contributed by atoms with Crippen LogP contribution < -0.4 is 0 Å². The van der Waals surface area contributed by atoms with Crippen LogP contribution in [0, 0.1) is 0 Å². The molecular formula is C6HF9O3. The van der Waals surface area contributed by atoms with E-state index in [0.29, 0.717) is 0 Å². The molecule has 0 heterocycles. The number of carboxylic acid groups (broad SMARTS) is 1. The van der Waals surface area contributed by atoms with Gasteiger partial charge in [-0.1, -0.05) is 0 Å². The quantitative estimate of drug-likeness (QED) is 0.810. The van der Waals surface area contributed by atoms with Crippen LogP contribution >= 0.6 is 0 Å². The summed E-state index contributed by atoms with van der Waals surface area (Å²) in [5.41, 5.74) is 0. The fourth-order valence-electron chi connectivity index (χ4n) is 0.502. The molecule has 1 N–H and O–H groups in total. The highest BCUT2D eigenvalue weighted by molar-refractivity contribution is 5.73. The van der Waals surface area contributed by atoms with Crippen molar-refractivity contribution in [3.63, 3.8) is 0 Å². The van der Waals surface area contributed by atoms with E-state index in [4.69, 9.17) is 5.11 Å². The van der Waals surface area contributed by atoms with Gasteiger partial charge in [-0.3, -0.25) is 0 Å². The first kappa shape index (κ1) is 16.5. The molecule has 0 saturated heterocycles. The summed E-state index contributed by atoms with van der Waals surface area (Å²) in [5, 5.41) is 7.62. The van der Waals surface area contributed by atoms with Gasteiger partial charge in [0.2, 0.25) is 11.7 Å². The molecule has 0 aliphatic carbocycles. The molecule has 0 aromatic carbocycles. The minimum absolute atomic E-state index is 2.03. The third-order valence-corrected chi connectivity index (χ3v) is 1.20. The maximum absolute atomic E-state index is 12.3. The number of halogens is 9. The first-order valence-corrected chi connectivity index (χ1v) is 3.54. The van der Waals surface area contributed by atoms with Crippen LogP contribution in [0.15, 0.2) is 11.7 Å². The van der Waals surface area contributed by atoms with E-state index in [1.165, 1.54) is 0 Å². The van der Waals surface area contributed by atoms with Gasteiger partial charge in [0.05, 0.1) is 0 Å². The third-order valence-electron chi connectivity index (χ3n) is 1.20. The van der Waals surface area contributed by atoms with Gasteiger partial charge in [-0.15, -0.1) is 0 Å². The number of carboxylic acids is 1. The lowest BCUT2D eigenvalue weighted by Gasteiger charge is -2.20. The summed E-state index contributed by atoms with van der Waals surface area (Å²) in [7, 11) is 0. The molecule has 0 atom stereocenters. The highest BCUT2D eigenvalue weighted by atomic mass is 19.4. The number of allylic oxidation sites excluding steroid dienone is 1. The van der Waals surface area contributed by atoms with Crippen LogP contribution in [0.4, 0.5) is 39.5 Å². The Morgan fingerprint density at radius 1 is 0.833 bits per heavy atom. The van der Waals surface area contributed by atoms with Gasteiger partial charge in [0, 0.05) is 0 Å². The van der Waals surface area contributed by atoms with Gasteiger partial charge in [-0.05, 0) is 0 Å². The number of hydrogen-bond acceptors (Lipinski definition) is 2. The topological polar surface area (TPSA) is 46.5 Å². The molecule has 0 aliphatic heterocycles. The smallest absolute Gasteiger partial charge is 0.460 e. The van der Waals surface area contributed by atoms with Gasteiger partial charge >= 0.3 is 24.4 Å². The van der Waals surface area contributed by atoms with Crippen molar-refractivity contribution in [1.82, 2.24) is 0 Å². The molecule has 0 spiro atoms. The van der Waals surface area contributed by atoms with Gasteiger partial charge in [0.1, 0.15) is 0 Å². The second kappa shape index (κ2) is 4.66. The molecule has 0 aromatic heterocycles. The van der Waals surface area contributed by atoms with Crippen LogP contribution in [-0.2, 0) is 9.53 Å². The Morgan fingerprint density at radius 2 is 1.22 bits per heavy atom. The molecule has 3 nitrogen and oxygen atoms in total. The zero-order valence-corrected chi connectivity index (χ0v) is 7.67. The van der Waals surface area contributed by atoms with E-state index < -0.39 is 36.0 Å². The van der Waals surface area contributed by atoms with Crippen molar-refractivity contribution in [2.75, 3.05) is 0 Å². The summed E-state index contributed by atoms with van der Waals surface area (Å²) >= 11 is 0. The third kappa shape index (κ3) is 3.78. The monoisotopic (exact) mass is 292 g/mol. The Hall–Kier alpha value is -1.46. The van der Waals surface area contributed by atoms with Crippen LogP contribution in [0.25, 0.3) is 0 Å². The van der Waals surface area contributed by atoms with E-state index >= 15 is 0 Å². The molecule has 0 aromatic rings. The minimum atomic E-state index is -6.21. The first-order valence-electron chi connectivity index (χ1n) is 3.54. The Morgan fingerprint density at radius 3 is 1.50 bits per heavy atom. The molecule has 0 bridgehead atoms. The second-order valence-electron chi connectivity index (χ2n) is 2.57. The molecule has 0 rings (SSSR count). The number of carbonyl (C=O) groups is 1. The van der Waals surface area contributed by atoms with Gasteiger partial charge in [-0.2, -0.15) is 39.5 Å². The number of alkyl halides is 7. The van der Waals surface area contributed by atoms with Crippen LogP contribution in [0.2, 0.25) is 0 Å². The average molecular weight is 292 g/mol. The molecule has 0 fully saturated rings. The zero-order chi connectivity index (χ0) is 14.9. The lowest BCUT2D eigenvalue weighted by molar-refractivity contribution is -0.354. The number of hydrogen-bond donors (Lipinski definition) is 1. The van der Waals surface area contributed by atoms with Gasteiger partial charge in [-0.25, -0.2) is 9.53 Å². The highest BCUT2D eigenvalue weighted by Gasteiger charge is 2.56. The van der Waals surface area contributed by atoms with Gasteiger partial charge in [0.25, 0.3) is 0 Å². The predicted octanol–water partition coefficient (Wildman–Crippen LogP) is 2.99. The Balaban J connectivity index is 5.36. The highest BCUT2D eigenvalue weighted by Crippen LogP contribution is 2.40. The summed E-state index contributed by atoms with van der Waals surface area (Å²) in [4.78, 5) is 9.63. The van der Waals surface area contributed by atoms with E-state index in [-0.39, 0.29) is 0 Å². The molecule has 0 saturated carbocycles. The Labute approximate surface area is 91.4 Å². The SMILES string of the molecule is O=C(O)C(F)(F)OC(F)(F)C(F)=C(F)C(F)(F)F. The van der Waals surface area contributed by atoms with Crippen LogP contribution in [0.1, 0.15) is 0 Å². The van der Waals surface area contributed by atoms with Gasteiger partial charge < -0.3 is 5.11 Å². The number of ether oxygens (including phenoxy) is 1. The number of aliphatic carboxylic acids is 1. The Bertz CT molecular complexity index is 369. The lowest BCUT2D eigenvalue weighted by Crippen LogP contribution is -2.40. The zero-order valence-electron chi connectivity index (χ0n) is 7.67. The van der Waals surface area contributed by atoms with Crippen molar-refractivity contribution in [1.29, 1.82) is 0 Å². The van der Waals surface area contributed by atoms with Crippen molar-refractivity contribution in [2.45, 2.75) is 18.4 Å². The molecule has 0 unspecified atom stereocenters. The van der Waals surface area contributed by atoms with Crippen molar-refractivity contribution in [3.8, 4) is 0 Å². The minimum Gasteiger partial charge on any atom is -0.475 e. The van der Waals surface area contributed by atoms with Gasteiger partial charge in [0.15, 0.2) is 0 Å². The first-order chi connectivity index (χ1) is 7.72. The largest absolute Gasteiger partial charge is 0.475 e. The van der Waals surface area contributed by atoms with E-state index in [2.05, 4.69) is 0 Å². The predicted molar refractivity (Wildman–Crippen MR) is 33.9 cm³/mol. The Kier molecular flexibility index (Phi) is 4.29. The molecular weight excluding hydrogens is 291 g/mol. The van der Waals surface area contributed by atoms with Crippen LogP contribution in [0.3, 0.4) is 0 Å². The van der Waals surface area contributed by atoms with Crippen LogP contribution in [0.5, 0.6) is 0 Å². The molecule has 0 amide bonds. The van der Waals surface area contributed by atoms with Crippen molar-refractivity contribution in [3.05, 3.63) is 11.7 Å². The van der Waals surface area contributed by atoms with E-state index in [9.17, 15) is 44.3 Å². The van der Waals surface area contributed by atoms with E-state index in [1.54, 1.807) is 0 Å². The standard InChI is InChI=1S/C6HF9O3/c7-1(4(9,10)11)2(8)5(12,13)18-6(14,15)3(16)17/h(H,16,17). The molecule has 12 heteroatoms. The summed E-state index contributed by atoms with van der Waals surface area (Å²) < 4.78 is 109. The van der Waals surface area contributed by atoms with Crippen molar-refractivity contribution < 1.29 is 54.2 Å². The molecule has 106 valence electrons. The lowest BCUT2D eigenvalue weighted by atomic mass is 10.4. The second-order valence-corrected chi connectivity index (χ2v) is 2.57. The van der Waals surface area contributed by atoms with Crippen molar-refractivity contribution in [2.24, 2.45) is 0 Å². The molecule has 0 radical (unpaired) electrons. The fraction of sp³-hybridized carbons (Fsp3) is 0.500. The van der Waals surface area contributed by atoms with E-state index in [0.717, 1.165) is 0 Å².